The molecule has 0 spiro atoms. The van der Waals surface area contributed by atoms with E-state index in [4.69, 9.17) is 15.5 Å². The fraction of sp³-hybridized carbons (Fsp3) is 0.111. The summed E-state index contributed by atoms with van der Waals surface area (Å²) < 4.78 is 7.29. The Morgan fingerprint density at radius 2 is 1.87 bits per heavy atom. The lowest BCUT2D eigenvalue weighted by Crippen LogP contribution is -2.01. The van der Waals surface area contributed by atoms with Crippen molar-refractivity contribution in [3.05, 3.63) is 66.0 Å². The molecule has 0 radical (unpaired) electrons. The van der Waals surface area contributed by atoms with Crippen LogP contribution in [0.3, 0.4) is 0 Å². The number of ether oxygens (including phenoxy) is 1. The highest BCUT2D eigenvalue weighted by Gasteiger charge is 2.13. The first-order chi connectivity index (χ1) is 11.3. The molecule has 0 saturated carbocycles. The molecule has 2 N–H and O–H groups in total. The van der Waals surface area contributed by atoms with Crippen molar-refractivity contribution < 1.29 is 4.74 Å². The average molecular weight is 304 g/mol. The number of methoxy groups -OCH3 is 1. The predicted octanol–water partition coefficient (Wildman–Crippen LogP) is 3.06. The molecule has 0 atom stereocenters. The monoisotopic (exact) mass is 304 g/mol. The van der Waals surface area contributed by atoms with Crippen LogP contribution in [0, 0.1) is 0 Å². The summed E-state index contributed by atoms with van der Waals surface area (Å²) >= 11 is 0. The van der Waals surface area contributed by atoms with Crippen LogP contribution in [0.15, 0.2) is 54.7 Å². The summed E-state index contributed by atoms with van der Waals surface area (Å²) in [4.78, 5) is 9.22. The number of hydrogen-bond donors (Lipinski definition) is 1. The normalized spacial score (nSPS) is 11.2. The Labute approximate surface area is 133 Å². The SMILES string of the molecule is COc1cccc2nc(N)n3cc(Cc4ccccc4)nc3c12. The summed E-state index contributed by atoms with van der Waals surface area (Å²) in [5.41, 5.74) is 9.80. The number of imidazole rings is 1. The molecule has 0 aliphatic heterocycles. The van der Waals surface area contributed by atoms with Gasteiger partial charge in [0.15, 0.2) is 5.65 Å². The highest BCUT2D eigenvalue weighted by atomic mass is 16.5. The molecule has 0 saturated heterocycles. The van der Waals surface area contributed by atoms with Gasteiger partial charge in [-0.25, -0.2) is 9.97 Å². The molecule has 5 nitrogen and oxygen atoms in total. The van der Waals surface area contributed by atoms with Gasteiger partial charge in [-0.15, -0.1) is 0 Å². The number of nitrogens with zero attached hydrogens (tertiary/aromatic N) is 3. The van der Waals surface area contributed by atoms with E-state index < -0.39 is 0 Å². The van der Waals surface area contributed by atoms with E-state index in [9.17, 15) is 0 Å². The number of nitrogen functional groups attached to an aromatic ring is 1. The molecule has 0 unspecified atom stereocenters. The second kappa shape index (κ2) is 5.28. The molecular formula is C18H16N4O. The van der Waals surface area contributed by atoms with Gasteiger partial charge in [0.25, 0.3) is 0 Å². The second-order valence-electron chi connectivity index (χ2n) is 5.41. The zero-order valence-electron chi connectivity index (χ0n) is 12.7. The van der Waals surface area contributed by atoms with Crippen molar-refractivity contribution in [3.63, 3.8) is 0 Å². The maximum absolute atomic E-state index is 6.09. The first-order valence-electron chi connectivity index (χ1n) is 7.40. The van der Waals surface area contributed by atoms with Crippen LogP contribution in [0.25, 0.3) is 16.6 Å². The molecule has 0 aliphatic rings. The van der Waals surface area contributed by atoms with E-state index in [-0.39, 0.29) is 0 Å². The summed E-state index contributed by atoms with van der Waals surface area (Å²) in [5, 5.41) is 0.878. The largest absolute Gasteiger partial charge is 0.496 e. The summed E-state index contributed by atoms with van der Waals surface area (Å²) in [6.45, 7) is 0. The van der Waals surface area contributed by atoms with Crippen LogP contribution < -0.4 is 10.5 Å². The number of anilines is 1. The maximum atomic E-state index is 6.09. The Morgan fingerprint density at radius 3 is 2.65 bits per heavy atom. The molecule has 0 fully saturated rings. The van der Waals surface area contributed by atoms with Crippen molar-refractivity contribution in [2.45, 2.75) is 6.42 Å². The number of fused-ring (bicyclic) bond motifs is 3. The molecule has 0 bridgehead atoms. The fourth-order valence-electron chi connectivity index (χ4n) is 2.85. The minimum atomic E-state index is 0.424. The van der Waals surface area contributed by atoms with Gasteiger partial charge in [0.1, 0.15) is 5.75 Å². The van der Waals surface area contributed by atoms with E-state index in [0.717, 1.165) is 34.4 Å². The molecule has 4 rings (SSSR count). The van der Waals surface area contributed by atoms with Gasteiger partial charge in [-0.3, -0.25) is 4.40 Å². The highest BCUT2D eigenvalue weighted by Crippen LogP contribution is 2.29. The Kier molecular flexibility index (Phi) is 3.12. The number of aromatic nitrogens is 3. The van der Waals surface area contributed by atoms with Crippen molar-refractivity contribution in [1.82, 2.24) is 14.4 Å². The third-order valence-electron chi connectivity index (χ3n) is 3.91. The van der Waals surface area contributed by atoms with Gasteiger partial charge in [0.05, 0.1) is 23.7 Å². The molecule has 2 aromatic heterocycles. The number of benzene rings is 2. The molecule has 5 heteroatoms. The van der Waals surface area contributed by atoms with Crippen LogP contribution in [-0.4, -0.2) is 21.5 Å². The minimum absolute atomic E-state index is 0.424. The van der Waals surface area contributed by atoms with Crippen molar-refractivity contribution in [2.75, 3.05) is 12.8 Å². The molecule has 23 heavy (non-hydrogen) atoms. The van der Waals surface area contributed by atoms with Crippen LogP contribution >= 0.6 is 0 Å². The van der Waals surface area contributed by atoms with E-state index >= 15 is 0 Å². The Balaban J connectivity index is 1.93. The quantitative estimate of drug-likeness (QED) is 0.632. The molecule has 2 heterocycles. The molecule has 114 valence electrons. The highest BCUT2D eigenvalue weighted by molar-refractivity contribution is 5.97. The summed E-state index contributed by atoms with van der Waals surface area (Å²) in [5.74, 6) is 1.17. The van der Waals surface area contributed by atoms with E-state index in [1.165, 1.54) is 5.56 Å². The first-order valence-corrected chi connectivity index (χ1v) is 7.40. The van der Waals surface area contributed by atoms with Crippen molar-refractivity contribution in [1.29, 1.82) is 0 Å². The van der Waals surface area contributed by atoms with E-state index in [1.807, 2.05) is 47.0 Å². The Hall–Kier alpha value is -3.08. The lowest BCUT2D eigenvalue weighted by Gasteiger charge is -2.07. The standard InChI is InChI=1S/C18H16N4O/c1-23-15-9-5-8-14-16(15)17-20-13(11-22(17)18(19)21-14)10-12-6-3-2-4-7-12/h2-9,11H,10H2,1H3,(H2,19,21). The van der Waals surface area contributed by atoms with Gasteiger partial charge in [-0.1, -0.05) is 36.4 Å². The van der Waals surface area contributed by atoms with Crippen LogP contribution in [0.2, 0.25) is 0 Å². The zero-order chi connectivity index (χ0) is 15.8. The van der Waals surface area contributed by atoms with E-state index in [2.05, 4.69) is 17.1 Å². The third kappa shape index (κ3) is 2.26. The smallest absolute Gasteiger partial charge is 0.206 e. The van der Waals surface area contributed by atoms with Crippen molar-refractivity contribution >= 4 is 22.5 Å². The lowest BCUT2D eigenvalue weighted by atomic mass is 10.1. The van der Waals surface area contributed by atoms with Gasteiger partial charge in [0.2, 0.25) is 5.95 Å². The summed E-state index contributed by atoms with van der Waals surface area (Å²) in [7, 11) is 1.65. The van der Waals surface area contributed by atoms with Gasteiger partial charge < -0.3 is 10.5 Å². The number of rotatable bonds is 3. The Bertz CT molecular complexity index is 992. The van der Waals surface area contributed by atoms with Gasteiger partial charge in [-0.2, -0.15) is 0 Å². The first kappa shape index (κ1) is 13.6. The van der Waals surface area contributed by atoms with E-state index in [1.54, 1.807) is 7.11 Å². The van der Waals surface area contributed by atoms with Crippen LogP contribution in [0.1, 0.15) is 11.3 Å². The summed E-state index contributed by atoms with van der Waals surface area (Å²) in [6, 6.07) is 16.0. The van der Waals surface area contributed by atoms with Crippen molar-refractivity contribution in [2.24, 2.45) is 0 Å². The lowest BCUT2D eigenvalue weighted by molar-refractivity contribution is 0.420. The third-order valence-corrected chi connectivity index (χ3v) is 3.91. The topological polar surface area (TPSA) is 65.4 Å². The van der Waals surface area contributed by atoms with Crippen LogP contribution in [0.4, 0.5) is 5.95 Å². The molecule has 4 aromatic rings. The number of nitrogens with two attached hydrogens (primary N) is 1. The molecule has 0 aliphatic carbocycles. The zero-order valence-corrected chi connectivity index (χ0v) is 12.7. The second-order valence-corrected chi connectivity index (χ2v) is 5.41. The van der Waals surface area contributed by atoms with E-state index in [0.29, 0.717) is 5.95 Å². The molecular weight excluding hydrogens is 288 g/mol. The number of hydrogen-bond acceptors (Lipinski definition) is 4. The minimum Gasteiger partial charge on any atom is -0.496 e. The predicted molar refractivity (Wildman–Crippen MR) is 90.7 cm³/mol. The Morgan fingerprint density at radius 1 is 1.04 bits per heavy atom. The maximum Gasteiger partial charge on any atom is 0.206 e. The van der Waals surface area contributed by atoms with Crippen molar-refractivity contribution in [3.8, 4) is 5.75 Å². The molecule has 2 aromatic carbocycles. The summed E-state index contributed by atoms with van der Waals surface area (Å²) in [6.07, 6.45) is 2.69. The fourth-order valence-corrected chi connectivity index (χ4v) is 2.85. The van der Waals surface area contributed by atoms with Gasteiger partial charge in [-0.05, 0) is 17.7 Å². The average Bonchev–Trinajstić information content (AvgIpc) is 2.99. The van der Waals surface area contributed by atoms with Crippen LogP contribution in [0.5, 0.6) is 5.75 Å². The van der Waals surface area contributed by atoms with Gasteiger partial charge >= 0.3 is 0 Å². The molecule has 0 amide bonds. The van der Waals surface area contributed by atoms with Crippen LogP contribution in [-0.2, 0) is 6.42 Å². The van der Waals surface area contributed by atoms with Gasteiger partial charge in [0, 0.05) is 12.6 Å².